The number of ether oxygens (including phenoxy) is 1. The van der Waals surface area contributed by atoms with Crippen molar-refractivity contribution in [2.75, 3.05) is 29.9 Å². The molecule has 8 nitrogen and oxygen atoms in total. The lowest BCUT2D eigenvalue weighted by atomic mass is 9.96. The minimum Gasteiger partial charge on any atom is -0.457 e. The number of carbonyl (C=O) groups excluding carboxylic acids is 1. The number of hydrogen-bond donors (Lipinski definition) is 2. The van der Waals surface area contributed by atoms with Gasteiger partial charge in [-0.25, -0.2) is 9.50 Å². The molecule has 1 saturated heterocycles. The van der Waals surface area contributed by atoms with E-state index >= 15 is 0 Å². The molecule has 0 saturated carbocycles. The molecule has 1 fully saturated rings. The number of piperidine rings is 1. The predicted molar refractivity (Wildman–Crippen MR) is 143 cm³/mol. The molecule has 222 valence electrons. The molecule has 0 unspecified atom stereocenters. The summed E-state index contributed by atoms with van der Waals surface area (Å²) in [5.41, 5.74) is 2.42. The van der Waals surface area contributed by atoms with Crippen LogP contribution < -0.4 is 20.7 Å². The number of nitrogens with zero attached hydrogens (tertiary/aromatic N) is 4. The van der Waals surface area contributed by atoms with E-state index in [2.05, 4.69) is 15.4 Å². The number of nitrogens with one attached hydrogen (secondary N) is 1. The Morgan fingerprint density at radius 2 is 1.81 bits per heavy atom. The summed E-state index contributed by atoms with van der Waals surface area (Å²) in [6, 6.07) is 12.1. The monoisotopic (exact) mass is 592 g/mol. The van der Waals surface area contributed by atoms with Crippen molar-refractivity contribution in [3.05, 3.63) is 77.2 Å². The molecule has 3 heterocycles. The van der Waals surface area contributed by atoms with Crippen LogP contribution in [-0.4, -0.2) is 40.1 Å². The maximum absolute atomic E-state index is 14.7. The molecular weight excluding hydrogens is 566 g/mol. The molecule has 1 atom stereocenters. The van der Waals surface area contributed by atoms with Crippen LogP contribution in [-0.2, 0) is 12.4 Å². The van der Waals surface area contributed by atoms with Gasteiger partial charge in [0.25, 0.3) is 5.91 Å². The first-order valence-corrected chi connectivity index (χ1v) is 13.0. The highest BCUT2D eigenvalue weighted by Gasteiger charge is 2.41. The second kappa shape index (κ2) is 11.2. The van der Waals surface area contributed by atoms with Gasteiger partial charge in [-0.2, -0.15) is 31.4 Å². The second-order valence-electron chi connectivity index (χ2n) is 9.97. The number of hydrogen-bond acceptors (Lipinski definition) is 6. The summed E-state index contributed by atoms with van der Waals surface area (Å²) >= 11 is 0. The average molecular weight is 593 g/mol. The van der Waals surface area contributed by atoms with Crippen LogP contribution in [0.1, 0.15) is 40.3 Å². The van der Waals surface area contributed by atoms with Gasteiger partial charge in [0, 0.05) is 24.8 Å². The molecule has 42 heavy (non-hydrogen) atoms. The van der Waals surface area contributed by atoms with Crippen molar-refractivity contribution in [3.63, 3.8) is 0 Å². The average Bonchev–Trinajstić information content (AvgIpc) is 3.36. The van der Waals surface area contributed by atoms with Crippen molar-refractivity contribution < 1.29 is 35.9 Å². The Hall–Kier alpha value is -4.33. The van der Waals surface area contributed by atoms with Crippen LogP contribution >= 0.6 is 0 Å². The third-order valence-electron chi connectivity index (χ3n) is 6.89. The van der Waals surface area contributed by atoms with Crippen LogP contribution in [0.5, 0.6) is 11.5 Å². The summed E-state index contributed by atoms with van der Waals surface area (Å²) in [5, 5.41) is 6.22. The summed E-state index contributed by atoms with van der Waals surface area (Å²) in [6.07, 6.45) is -8.40. The first-order valence-electron chi connectivity index (χ1n) is 13.0. The molecule has 4 aromatic rings. The molecule has 0 bridgehead atoms. The van der Waals surface area contributed by atoms with E-state index in [-0.39, 0.29) is 54.0 Å². The van der Waals surface area contributed by atoms with Crippen LogP contribution in [0.15, 0.2) is 54.6 Å². The first-order chi connectivity index (χ1) is 19.8. The van der Waals surface area contributed by atoms with Gasteiger partial charge in [-0.15, -0.1) is 0 Å². The largest absolute Gasteiger partial charge is 0.457 e. The number of amides is 1. The van der Waals surface area contributed by atoms with Gasteiger partial charge in [0.15, 0.2) is 11.3 Å². The van der Waals surface area contributed by atoms with Crippen molar-refractivity contribution in [1.82, 2.24) is 14.6 Å². The molecule has 1 aliphatic rings. The van der Waals surface area contributed by atoms with E-state index in [1.54, 1.807) is 18.2 Å². The number of aryl methyl sites for hydroxylation is 1. The van der Waals surface area contributed by atoms with Gasteiger partial charge in [-0.1, -0.05) is 18.2 Å². The standard InChI is InChI=1S/C28H26F6N6O2/c1-16-12-22(27(29,30)31)40-23(36-16)13-20(38-40)26(41)37-19-9-10-21(42-18-7-3-2-4-8-18)24(28(32,33)34)25(19)39-11-5-6-17(14-35)15-39/h2-4,7-10,12-13,17H,5-6,11,14-15,35H2,1H3,(H,37,41)/t17-/m0/s1. The molecule has 14 heteroatoms. The Bertz CT molecular complexity index is 1600. The Morgan fingerprint density at radius 3 is 2.48 bits per heavy atom. The maximum atomic E-state index is 14.7. The Balaban J connectivity index is 1.60. The SMILES string of the molecule is Cc1cc(C(F)(F)F)n2nc(C(=O)Nc3ccc(Oc4ccccc4)c(C(F)(F)F)c3N3CCC[C@@H](CN)C3)cc2n1. The van der Waals surface area contributed by atoms with Crippen LogP contribution in [0, 0.1) is 12.8 Å². The van der Waals surface area contributed by atoms with E-state index in [0.29, 0.717) is 10.9 Å². The highest BCUT2D eigenvalue weighted by Crippen LogP contribution is 2.48. The lowest BCUT2D eigenvalue weighted by Gasteiger charge is -2.37. The Kier molecular flexibility index (Phi) is 7.75. The number of para-hydroxylation sites is 1. The molecule has 1 aliphatic heterocycles. The lowest BCUT2D eigenvalue weighted by Crippen LogP contribution is -2.40. The minimum atomic E-state index is -4.90. The van der Waals surface area contributed by atoms with E-state index in [1.165, 1.54) is 30.0 Å². The van der Waals surface area contributed by atoms with Crippen molar-refractivity contribution >= 4 is 22.9 Å². The van der Waals surface area contributed by atoms with Crippen molar-refractivity contribution in [2.24, 2.45) is 11.7 Å². The van der Waals surface area contributed by atoms with E-state index in [0.717, 1.165) is 24.6 Å². The third kappa shape index (κ3) is 5.98. The number of halogens is 6. The summed E-state index contributed by atoms with van der Waals surface area (Å²) in [5.74, 6) is -1.39. The number of benzene rings is 2. The van der Waals surface area contributed by atoms with Crippen LogP contribution in [0.2, 0.25) is 0 Å². The number of fused-ring (bicyclic) bond motifs is 1. The Morgan fingerprint density at radius 1 is 1.07 bits per heavy atom. The summed E-state index contributed by atoms with van der Waals surface area (Å²) < 4.78 is 91.2. The molecule has 5 rings (SSSR count). The third-order valence-corrected chi connectivity index (χ3v) is 6.89. The van der Waals surface area contributed by atoms with E-state index in [4.69, 9.17) is 10.5 Å². The molecule has 0 spiro atoms. The molecule has 1 amide bonds. The minimum absolute atomic E-state index is 0.0485. The van der Waals surface area contributed by atoms with Gasteiger partial charge < -0.3 is 20.7 Å². The first kappa shape index (κ1) is 29.2. The van der Waals surface area contributed by atoms with E-state index in [1.807, 2.05) is 0 Å². The molecule has 3 N–H and O–H groups in total. The van der Waals surface area contributed by atoms with E-state index < -0.39 is 41.0 Å². The maximum Gasteiger partial charge on any atom is 0.433 e. The molecular formula is C28H26F6N6O2. The zero-order valence-electron chi connectivity index (χ0n) is 22.3. The predicted octanol–water partition coefficient (Wildman–Crippen LogP) is 6.30. The van der Waals surface area contributed by atoms with Gasteiger partial charge in [-0.3, -0.25) is 4.79 Å². The fraction of sp³-hybridized carbons (Fsp3) is 0.321. The normalized spacial score (nSPS) is 16.1. The summed E-state index contributed by atoms with van der Waals surface area (Å²) in [6.45, 7) is 2.07. The summed E-state index contributed by atoms with van der Waals surface area (Å²) in [7, 11) is 0. The number of anilines is 2. The lowest BCUT2D eigenvalue weighted by molar-refractivity contribution is -0.142. The quantitative estimate of drug-likeness (QED) is 0.255. The Labute approximate surface area is 236 Å². The van der Waals surface area contributed by atoms with Crippen LogP contribution in [0.25, 0.3) is 5.65 Å². The van der Waals surface area contributed by atoms with Gasteiger partial charge in [0.1, 0.15) is 22.8 Å². The highest BCUT2D eigenvalue weighted by atomic mass is 19.4. The zero-order chi connectivity index (χ0) is 30.2. The van der Waals surface area contributed by atoms with E-state index in [9.17, 15) is 31.1 Å². The molecule has 2 aromatic carbocycles. The van der Waals surface area contributed by atoms with Gasteiger partial charge in [-0.05, 0) is 62.6 Å². The van der Waals surface area contributed by atoms with Crippen LogP contribution in [0.4, 0.5) is 37.7 Å². The smallest absolute Gasteiger partial charge is 0.433 e. The van der Waals surface area contributed by atoms with Crippen molar-refractivity contribution in [2.45, 2.75) is 32.1 Å². The fourth-order valence-corrected chi connectivity index (χ4v) is 5.04. The fourth-order valence-electron chi connectivity index (χ4n) is 5.04. The molecule has 2 aromatic heterocycles. The topological polar surface area (TPSA) is 97.8 Å². The van der Waals surface area contributed by atoms with Gasteiger partial charge in [0.05, 0.1) is 11.4 Å². The highest BCUT2D eigenvalue weighted by molar-refractivity contribution is 6.05. The number of carbonyl (C=O) groups is 1. The van der Waals surface area contributed by atoms with Crippen molar-refractivity contribution in [3.8, 4) is 11.5 Å². The number of alkyl halides is 6. The van der Waals surface area contributed by atoms with Crippen molar-refractivity contribution in [1.29, 1.82) is 0 Å². The number of rotatable bonds is 6. The number of nitrogens with two attached hydrogens (primary N) is 1. The second-order valence-corrected chi connectivity index (χ2v) is 9.97. The van der Waals surface area contributed by atoms with Gasteiger partial charge >= 0.3 is 12.4 Å². The number of aromatic nitrogens is 3. The van der Waals surface area contributed by atoms with Crippen LogP contribution in [0.3, 0.4) is 0 Å². The zero-order valence-corrected chi connectivity index (χ0v) is 22.3. The van der Waals surface area contributed by atoms with Gasteiger partial charge in [0.2, 0.25) is 0 Å². The summed E-state index contributed by atoms with van der Waals surface area (Å²) in [4.78, 5) is 18.8. The molecule has 0 radical (unpaired) electrons. The molecule has 0 aliphatic carbocycles.